The van der Waals surface area contributed by atoms with Gasteiger partial charge in [-0.25, -0.2) is 4.39 Å². The van der Waals surface area contributed by atoms with Crippen molar-refractivity contribution < 1.29 is 19.0 Å². The van der Waals surface area contributed by atoms with Crippen molar-refractivity contribution in [2.24, 2.45) is 0 Å². The van der Waals surface area contributed by atoms with Gasteiger partial charge < -0.3 is 14.7 Å². The summed E-state index contributed by atoms with van der Waals surface area (Å²) < 4.78 is 18.6. The first-order valence-electron chi connectivity index (χ1n) is 7.58. The first-order valence-corrected chi connectivity index (χ1v) is 7.58. The average molecular weight is 310 g/mol. The van der Waals surface area contributed by atoms with Gasteiger partial charge in [0, 0.05) is 37.8 Å². The molecule has 1 fully saturated rings. The standard InChI is InChI=1S/C16H23FN2O3/c1-3-13(11-20)18-6-8-19(9-7-18)16(21)12-4-5-15(22-2)14(17)10-12/h4-5,10,13,20H,3,6-9,11H2,1-2H3. The van der Waals surface area contributed by atoms with Gasteiger partial charge >= 0.3 is 0 Å². The molecule has 1 aliphatic heterocycles. The largest absolute Gasteiger partial charge is 0.494 e. The molecule has 1 aromatic rings. The zero-order valence-corrected chi connectivity index (χ0v) is 13.1. The number of rotatable bonds is 5. The lowest BCUT2D eigenvalue weighted by Gasteiger charge is -2.38. The van der Waals surface area contributed by atoms with Crippen LogP contribution in [0.2, 0.25) is 0 Å². The lowest BCUT2D eigenvalue weighted by molar-refractivity contribution is 0.0472. The number of hydrogen-bond donors (Lipinski definition) is 1. The van der Waals surface area contributed by atoms with E-state index in [0.29, 0.717) is 18.7 Å². The Morgan fingerprint density at radius 2 is 2.05 bits per heavy atom. The third-order valence-corrected chi connectivity index (χ3v) is 4.20. The van der Waals surface area contributed by atoms with Crippen molar-refractivity contribution in [1.82, 2.24) is 9.80 Å². The number of benzene rings is 1. The zero-order chi connectivity index (χ0) is 16.1. The van der Waals surface area contributed by atoms with E-state index in [1.807, 2.05) is 6.92 Å². The first-order chi connectivity index (χ1) is 10.6. The molecule has 1 amide bonds. The highest BCUT2D eigenvalue weighted by atomic mass is 19.1. The minimum atomic E-state index is -0.529. The second-order valence-corrected chi connectivity index (χ2v) is 5.42. The van der Waals surface area contributed by atoms with Gasteiger partial charge in [-0.1, -0.05) is 6.92 Å². The number of hydrogen-bond acceptors (Lipinski definition) is 4. The van der Waals surface area contributed by atoms with Crippen molar-refractivity contribution in [3.8, 4) is 5.75 Å². The quantitative estimate of drug-likeness (QED) is 0.892. The summed E-state index contributed by atoms with van der Waals surface area (Å²) in [5.41, 5.74) is 0.334. The molecular weight excluding hydrogens is 287 g/mol. The number of methoxy groups -OCH3 is 1. The van der Waals surface area contributed by atoms with Gasteiger partial charge in [0.1, 0.15) is 0 Å². The van der Waals surface area contributed by atoms with E-state index in [2.05, 4.69) is 4.90 Å². The predicted octanol–water partition coefficient (Wildman–Crippen LogP) is 1.36. The van der Waals surface area contributed by atoms with Crippen LogP contribution in [0.4, 0.5) is 4.39 Å². The maximum Gasteiger partial charge on any atom is 0.254 e. The van der Waals surface area contributed by atoms with E-state index in [4.69, 9.17) is 4.74 Å². The number of halogens is 1. The molecule has 0 aliphatic carbocycles. The Bertz CT molecular complexity index is 512. The monoisotopic (exact) mass is 310 g/mol. The van der Waals surface area contributed by atoms with Crippen LogP contribution in [0.3, 0.4) is 0 Å². The van der Waals surface area contributed by atoms with E-state index < -0.39 is 5.82 Å². The second-order valence-electron chi connectivity index (χ2n) is 5.42. The molecule has 2 rings (SSSR count). The van der Waals surface area contributed by atoms with E-state index in [1.165, 1.54) is 19.2 Å². The number of aliphatic hydroxyl groups is 1. The summed E-state index contributed by atoms with van der Waals surface area (Å²) in [4.78, 5) is 16.3. The molecule has 0 radical (unpaired) electrons. The number of piperazine rings is 1. The number of aliphatic hydroxyl groups excluding tert-OH is 1. The minimum Gasteiger partial charge on any atom is -0.494 e. The molecule has 0 spiro atoms. The van der Waals surface area contributed by atoms with Crippen molar-refractivity contribution >= 4 is 5.91 Å². The fourth-order valence-electron chi connectivity index (χ4n) is 2.77. The van der Waals surface area contributed by atoms with Gasteiger partial charge in [0.15, 0.2) is 11.6 Å². The van der Waals surface area contributed by atoms with Gasteiger partial charge in [-0.05, 0) is 24.6 Å². The van der Waals surface area contributed by atoms with Crippen molar-refractivity contribution in [2.45, 2.75) is 19.4 Å². The Labute approximate surface area is 130 Å². The lowest BCUT2D eigenvalue weighted by atomic mass is 10.1. The number of carbonyl (C=O) groups is 1. The molecular formula is C16H23FN2O3. The third-order valence-electron chi connectivity index (χ3n) is 4.20. The maximum atomic E-state index is 13.7. The van der Waals surface area contributed by atoms with Crippen molar-refractivity contribution in [3.05, 3.63) is 29.6 Å². The molecule has 1 aromatic carbocycles. The van der Waals surface area contributed by atoms with Crippen molar-refractivity contribution in [1.29, 1.82) is 0 Å². The predicted molar refractivity (Wildman–Crippen MR) is 81.6 cm³/mol. The summed E-state index contributed by atoms with van der Waals surface area (Å²) in [6.45, 7) is 4.80. The van der Waals surface area contributed by atoms with Crippen LogP contribution in [0, 0.1) is 5.82 Å². The molecule has 122 valence electrons. The molecule has 0 aromatic heterocycles. The molecule has 1 N–H and O–H groups in total. The van der Waals surface area contributed by atoms with Crippen molar-refractivity contribution in [2.75, 3.05) is 39.9 Å². The van der Waals surface area contributed by atoms with Crippen LogP contribution in [-0.4, -0.2) is 66.8 Å². The highest BCUT2D eigenvalue weighted by molar-refractivity contribution is 5.94. The fourth-order valence-corrected chi connectivity index (χ4v) is 2.77. The van der Waals surface area contributed by atoms with Crippen LogP contribution in [0.5, 0.6) is 5.75 Å². The van der Waals surface area contributed by atoms with Gasteiger partial charge in [0.2, 0.25) is 0 Å². The van der Waals surface area contributed by atoms with Gasteiger partial charge in [0.05, 0.1) is 13.7 Å². The number of amides is 1. The lowest BCUT2D eigenvalue weighted by Crippen LogP contribution is -2.52. The molecule has 1 atom stereocenters. The molecule has 6 heteroatoms. The van der Waals surface area contributed by atoms with Crippen LogP contribution in [0.15, 0.2) is 18.2 Å². The van der Waals surface area contributed by atoms with Crippen LogP contribution in [0.1, 0.15) is 23.7 Å². The molecule has 1 saturated heterocycles. The Morgan fingerprint density at radius 3 is 2.55 bits per heavy atom. The van der Waals surface area contributed by atoms with Crippen LogP contribution >= 0.6 is 0 Å². The summed E-state index contributed by atoms with van der Waals surface area (Å²) in [6, 6.07) is 4.42. The topological polar surface area (TPSA) is 53.0 Å². The number of carbonyl (C=O) groups excluding carboxylic acids is 1. The summed E-state index contributed by atoms with van der Waals surface area (Å²) >= 11 is 0. The first kappa shape index (κ1) is 16.7. The fraction of sp³-hybridized carbons (Fsp3) is 0.562. The van der Waals surface area contributed by atoms with E-state index in [1.54, 1.807) is 11.0 Å². The highest BCUT2D eigenvalue weighted by Crippen LogP contribution is 2.19. The van der Waals surface area contributed by atoms with Crippen molar-refractivity contribution in [3.63, 3.8) is 0 Å². The van der Waals surface area contributed by atoms with Crippen LogP contribution in [-0.2, 0) is 0 Å². The third kappa shape index (κ3) is 3.56. The molecule has 1 heterocycles. The van der Waals surface area contributed by atoms with E-state index in [0.717, 1.165) is 19.5 Å². The zero-order valence-electron chi connectivity index (χ0n) is 13.1. The summed E-state index contributed by atoms with van der Waals surface area (Å²) in [5, 5.41) is 9.34. The molecule has 1 unspecified atom stereocenters. The van der Waals surface area contributed by atoms with E-state index in [-0.39, 0.29) is 24.3 Å². The summed E-state index contributed by atoms with van der Waals surface area (Å²) in [7, 11) is 1.39. The summed E-state index contributed by atoms with van der Waals surface area (Å²) in [5.74, 6) is -0.563. The molecule has 0 bridgehead atoms. The Balaban J connectivity index is 1.99. The second kappa shape index (κ2) is 7.56. The summed E-state index contributed by atoms with van der Waals surface area (Å²) in [6.07, 6.45) is 0.883. The maximum absolute atomic E-state index is 13.7. The Morgan fingerprint density at radius 1 is 1.36 bits per heavy atom. The number of ether oxygens (including phenoxy) is 1. The molecule has 0 saturated carbocycles. The average Bonchev–Trinajstić information content (AvgIpc) is 2.56. The van der Waals surface area contributed by atoms with Crippen LogP contribution < -0.4 is 4.74 Å². The Kier molecular flexibility index (Phi) is 5.74. The Hall–Kier alpha value is -1.66. The SMILES string of the molecule is CCC(CO)N1CCN(C(=O)c2ccc(OC)c(F)c2)CC1. The van der Waals surface area contributed by atoms with E-state index >= 15 is 0 Å². The highest BCUT2D eigenvalue weighted by Gasteiger charge is 2.25. The van der Waals surface area contributed by atoms with E-state index in [9.17, 15) is 14.3 Å². The molecule has 5 nitrogen and oxygen atoms in total. The smallest absolute Gasteiger partial charge is 0.254 e. The van der Waals surface area contributed by atoms with Gasteiger partial charge in [0.25, 0.3) is 5.91 Å². The van der Waals surface area contributed by atoms with Gasteiger partial charge in [-0.15, -0.1) is 0 Å². The number of nitrogens with zero attached hydrogens (tertiary/aromatic N) is 2. The normalized spacial score (nSPS) is 17.4. The van der Waals surface area contributed by atoms with Gasteiger partial charge in [-0.3, -0.25) is 9.69 Å². The van der Waals surface area contributed by atoms with Gasteiger partial charge in [-0.2, -0.15) is 0 Å². The molecule has 1 aliphatic rings. The minimum absolute atomic E-state index is 0.133. The molecule has 22 heavy (non-hydrogen) atoms. The van der Waals surface area contributed by atoms with Crippen LogP contribution in [0.25, 0.3) is 0 Å².